The van der Waals surface area contributed by atoms with E-state index in [1.807, 2.05) is 37.2 Å². The van der Waals surface area contributed by atoms with Crippen molar-refractivity contribution in [2.45, 2.75) is 32.4 Å². The van der Waals surface area contributed by atoms with E-state index in [-0.39, 0.29) is 23.8 Å². The van der Waals surface area contributed by atoms with Crippen LogP contribution >= 0.6 is 11.6 Å². The number of amides is 2. The van der Waals surface area contributed by atoms with Crippen LogP contribution in [0, 0.1) is 11.8 Å². The van der Waals surface area contributed by atoms with Gasteiger partial charge in [0.1, 0.15) is 35.7 Å². The molecule has 1 aliphatic carbocycles. The highest BCUT2D eigenvalue weighted by molar-refractivity contribution is 6.32. The average molecular weight is 497 g/mol. The first-order valence-electron chi connectivity index (χ1n) is 11.7. The molecule has 0 spiro atoms. The number of allylic oxidation sites excluding steroid dienone is 3. The SMILES string of the molecule is CC1CC=NC=C1N1C(=O)C2C(Cl)=CC=C[C@H]2N=C1C(C)NC1=C2C(=O)N(C)CN=C2N(C)CN1. The Morgan fingerprint density at radius 2 is 2.06 bits per heavy atom. The van der Waals surface area contributed by atoms with E-state index in [1.54, 1.807) is 29.1 Å². The predicted octanol–water partition coefficient (Wildman–Crippen LogP) is 1.37. The van der Waals surface area contributed by atoms with Crippen LogP contribution in [0.4, 0.5) is 0 Å². The van der Waals surface area contributed by atoms with Crippen LogP contribution in [-0.2, 0) is 9.59 Å². The number of carbonyl (C=O) groups excluding carboxylic acids is 2. The molecule has 184 valence electrons. The second-order valence-corrected chi connectivity index (χ2v) is 9.80. The summed E-state index contributed by atoms with van der Waals surface area (Å²) in [5.74, 6) is 1.06. The Labute approximate surface area is 209 Å². The van der Waals surface area contributed by atoms with Gasteiger partial charge in [0.25, 0.3) is 5.91 Å². The highest BCUT2D eigenvalue weighted by Crippen LogP contribution is 2.36. The maximum absolute atomic E-state index is 13.8. The molecule has 11 heteroatoms. The molecule has 4 atom stereocenters. The standard InChI is InChI=1S/C24H29ClN8O2/c1-13-8-9-26-10-17(13)33-21(30-16-7-5-6-15(25)18(16)24(33)35)14(2)29-20-19-22(31(3)11-27-20)28-12-32(4)23(19)34/h5-7,9-10,13-14,16,18,27,29H,8,11-12H2,1-4H3/t13?,14?,16-,18?/m1/s1. The van der Waals surface area contributed by atoms with Crippen molar-refractivity contribution in [3.63, 3.8) is 0 Å². The number of nitrogens with zero attached hydrogens (tertiary/aromatic N) is 6. The molecule has 35 heavy (non-hydrogen) atoms. The van der Waals surface area contributed by atoms with Crippen molar-refractivity contribution < 1.29 is 9.59 Å². The van der Waals surface area contributed by atoms with Gasteiger partial charge in [0, 0.05) is 43.2 Å². The molecule has 0 fully saturated rings. The highest BCUT2D eigenvalue weighted by atomic mass is 35.5. The van der Waals surface area contributed by atoms with Crippen molar-refractivity contribution in [2.75, 3.05) is 27.4 Å². The minimum absolute atomic E-state index is 0.0862. The Morgan fingerprint density at radius 3 is 2.83 bits per heavy atom. The summed E-state index contributed by atoms with van der Waals surface area (Å²) in [6.45, 7) is 4.80. The molecule has 4 aliphatic heterocycles. The van der Waals surface area contributed by atoms with E-state index in [4.69, 9.17) is 16.6 Å². The maximum atomic E-state index is 13.8. The van der Waals surface area contributed by atoms with Crippen LogP contribution < -0.4 is 10.6 Å². The van der Waals surface area contributed by atoms with Gasteiger partial charge in [0.2, 0.25) is 5.91 Å². The van der Waals surface area contributed by atoms with E-state index in [9.17, 15) is 9.59 Å². The van der Waals surface area contributed by atoms with Crippen LogP contribution in [0.3, 0.4) is 0 Å². The van der Waals surface area contributed by atoms with Crippen molar-refractivity contribution in [2.24, 2.45) is 26.8 Å². The molecule has 10 nitrogen and oxygen atoms in total. The number of hydrogen-bond acceptors (Lipinski definition) is 8. The van der Waals surface area contributed by atoms with Gasteiger partial charge in [-0.25, -0.2) is 4.99 Å². The minimum atomic E-state index is -0.563. The maximum Gasteiger partial charge on any atom is 0.262 e. The first-order valence-corrected chi connectivity index (χ1v) is 12.1. The third-order valence-electron chi connectivity index (χ3n) is 6.80. The third kappa shape index (κ3) is 3.95. The fourth-order valence-electron chi connectivity index (χ4n) is 4.82. The molecule has 0 saturated heterocycles. The van der Waals surface area contributed by atoms with Crippen LogP contribution in [0.2, 0.25) is 0 Å². The number of amidine groups is 2. The summed E-state index contributed by atoms with van der Waals surface area (Å²) in [5.41, 5.74) is 1.26. The zero-order chi connectivity index (χ0) is 24.9. The van der Waals surface area contributed by atoms with Gasteiger partial charge in [-0.3, -0.25) is 24.5 Å². The lowest BCUT2D eigenvalue weighted by atomic mass is 9.89. The third-order valence-corrected chi connectivity index (χ3v) is 7.16. The van der Waals surface area contributed by atoms with Gasteiger partial charge in [0.15, 0.2) is 0 Å². The second kappa shape index (κ2) is 8.99. The van der Waals surface area contributed by atoms with E-state index in [0.29, 0.717) is 41.4 Å². The fraction of sp³-hybridized carbons (Fsp3) is 0.458. The van der Waals surface area contributed by atoms with E-state index in [2.05, 4.69) is 27.5 Å². The van der Waals surface area contributed by atoms with E-state index >= 15 is 0 Å². The Kier molecular flexibility index (Phi) is 6.00. The van der Waals surface area contributed by atoms with Crippen LogP contribution in [0.1, 0.15) is 20.3 Å². The van der Waals surface area contributed by atoms with Crippen molar-refractivity contribution in [1.29, 1.82) is 0 Å². The molecule has 0 aromatic carbocycles. The molecule has 5 aliphatic rings. The van der Waals surface area contributed by atoms with E-state index < -0.39 is 12.0 Å². The number of fused-ring (bicyclic) bond motifs is 2. The molecule has 4 heterocycles. The molecule has 0 bridgehead atoms. The topological polar surface area (TPSA) is 105 Å². The lowest BCUT2D eigenvalue weighted by molar-refractivity contribution is -0.130. The van der Waals surface area contributed by atoms with Crippen LogP contribution in [0.15, 0.2) is 61.5 Å². The fourth-order valence-corrected chi connectivity index (χ4v) is 5.12. The molecule has 2 N–H and O–H groups in total. The zero-order valence-electron chi connectivity index (χ0n) is 20.2. The van der Waals surface area contributed by atoms with Gasteiger partial charge in [-0.05, 0) is 19.4 Å². The summed E-state index contributed by atoms with van der Waals surface area (Å²) in [7, 11) is 3.61. The molecule has 0 aromatic heterocycles. The van der Waals surface area contributed by atoms with Gasteiger partial charge in [-0.15, -0.1) is 0 Å². The smallest absolute Gasteiger partial charge is 0.262 e. The summed E-state index contributed by atoms with van der Waals surface area (Å²) in [5, 5.41) is 7.19. The number of nitrogens with one attached hydrogen (secondary N) is 2. The number of hydrogen-bond donors (Lipinski definition) is 2. The van der Waals surface area contributed by atoms with Crippen LogP contribution in [0.5, 0.6) is 0 Å². The molecule has 3 unspecified atom stereocenters. The number of likely N-dealkylation sites (N-methyl/N-ethyl adjacent to an activating group) is 2. The second-order valence-electron chi connectivity index (χ2n) is 9.36. The number of carbonyl (C=O) groups is 2. The Bertz CT molecular complexity index is 1180. The van der Waals surface area contributed by atoms with Crippen LogP contribution in [0.25, 0.3) is 0 Å². The largest absolute Gasteiger partial charge is 0.361 e. The molecule has 0 saturated carbocycles. The Hall–Kier alpha value is -3.40. The summed E-state index contributed by atoms with van der Waals surface area (Å²) in [6, 6.07) is -0.794. The Balaban J connectivity index is 1.55. The molecular weight excluding hydrogens is 468 g/mol. The predicted molar refractivity (Wildman–Crippen MR) is 135 cm³/mol. The van der Waals surface area contributed by atoms with Crippen molar-refractivity contribution in [1.82, 2.24) is 25.3 Å². The first-order chi connectivity index (χ1) is 16.8. The summed E-state index contributed by atoms with van der Waals surface area (Å²) in [4.78, 5) is 45.9. The minimum Gasteiger partial charge on any atom is -0.361 e. The molecule has 0 radical (unpaired) electrons. The number of aliphatic imine (C=N–C) groups is 3. The van der Waals surface area contributed by atoms with Gasteiger partial charge in [-0.2, -0.15) is 0 Å². The van der Waals surface area contributed by atoms with Gasteiger partial charge in [0.05, 0.1) is 18.8 Å². The summed E-state index contributed by atoms with van der Waals surface area (Å²) >= 11 is 6.48. The van der Waals surface area contributed by atoms with Crippen molar-refractivity contribution in [3.05, 3.63) is 46.6 Å². The lowest BCUT2D eigenvalue weighted by Crippen LogP contribution is -2.58. The van der Waals surface area contributed by atoms with Gasteiger partial charge in [-0.1, -0.05) is 30.7 Å². The van der Waals surface area contributed by atoms with E-state index in [0.717, 1.165) is 12.1 Å². The van der Waals surface area contributed by atoms with E-state index in [1.165, 1.54) is 0 Å². The summed E-state index contributed by atoms with van der Waals surface area (Å²) in [6.07, 6.45) is 9.79. The van der Waals surface area contributed by atoms with Gasteiger partial charge < -0.3 is 20.4 Å². The average Bonchev–Trinajstić information content (AvgIpc) is 2.83. The molecule has 5 rings (SSSR count). The number of halogens is 1. The van der Waals surface area contributed by atoms with Gasteiger partial charge >= 0.3 is 0 Å². The van der Waals surface area contributed by atoms with Crippen LogP contribution in [-0.4, -0.2) is 83.9 Å². The van der Waals surface area contributed by atoms with Crippen molar-refractivity contribution in [3.8, 4) is 0 Å². The molecule has 2 amide bonds. The zero-order valence-corrected chi connectivity index (χ0v) is 21.0. The normalized spacial score (nSPS) is 29.1. The monoisotopic (exact) mass is 496 g/mol. The Morgan fingerprint density at radius 1 is 1.26 bits per heavy atom. The van der Waals surface area contributed by atoms with Crippen molar-refractivity contribution >= 4 is 41.3 Å². The highest BCUT2D eigenvalue weighted by Gasteiger charge is 2.44. The first kappa shape index (κ1) is 23.3. The number of rotatable bonds is 4. The lowest BCUT2D eigenvalue weighted by Gasteiger charge is -2.42. The molecular formula is C24H29ClN8O2. The molecule has 0 aromatic rings. The quantitative estimate of drug-likeness (QED) is 0.611. The summed E-state index contributed by atoms with van der Waals surface area (Å²) < 4.78 is 0.